The van der Waals surface area contributed by atoms with Crippen molar-refractivity contribution in [2.75, 3.05) is 11.9 Å². The Bertz CT molecular complexity index is 895. The van der Waals surface area contributed by atoms with Crippen LogP contribution >= 0.6 is 0 Å². The topological polar surface area (TPSA) is 58.2 Å². The van der Waals surface area contributed by atoms with Crippen LogP contribution in [0.25, 0.3) is 10.8 Å². The number of hydrogen-bond donors (Lipinski definition) is 2. The lowest BCUT2D eigenvalue weighted by molar-refractivity contribution is -0.146. The standard InChI is InChI=1S/C25H30N2O2/c28-23(27-22-8-3-6-20-5-1-2-7-21(20)22)9-4-10-26-24(29)25-14-17-11-18(15-25)13-19(12-17)16-25/h1-3,5-8,17-19H,4,9-16H2,(H,26,29)(H,27,28). The number of benzene rings is 2. The van der Waals surface area contributed by atoms with E-state index in [9.17, 15) is 9.59 Å². The van der Waals surface area contributed by atoms with Gasteiger partial charge in [-0.1, -0.05) is 36.4 Å². The first-order valence-corrected chi connectivity index (χ1v) is 11.2. The van der Waals surface area contributed by atoms with Gasteiger partial charge in [0.2, 0.25) is 11.8 Å². The highest BCUT2D eigenvalue weighted by molar-refractivity contribution is 6.02. The first-order chi connectivity index (χ1) is 14.1. The van der Waals surface area contributed by atoms with Crippen LogP contribution in [0, 0.1) is 23.2 Å². The highest BCUT2D eigenvalue weighted by atomic mass is 16.2. The molecule has 4 fully saturated rings. The average Bonchev–Trinajstić information content (AvgIpc) is 2.70. The smallest absolute Gasteiger partial charge is 0.226 e. The third-order valence-corrected chi connectivity index (χ3v) is 7.45. The summed E-state index contributed by atoms with van der Waals surface area (Å²) in [5.74, 6) is 2.59. The zero-order valence-electron chi connectivity index (χ0n) is 17.0. The van der Waals surface area contributed by atoms with Gasteiger partial charge in [0, 0.05) is 29.5 Å². The Morgan fingerprint density at radius 3 is 2.28 bits per heavy atom. The molecule has 4 aliphatic rings. The van der Waals surface area contributed by atoms with Gasteiger partial charge in [-0.2, -0.15) is 0 Å². The van der Waals surface area contributed by atoms with Gasteiger partial charge >= 0.3 is 0 Å². The largest absolute Gasteiger partial charge is 0.356 e. The number of carbonyl (C=O) groups excluding carboxylic acids is 2. The molecule has 0 atom stereocenters. The van der Waals surface area contributed by atoms with Gasteiger partial charge < -0.3 is 10.6 Å². The van der Waals surface area contributed by atoms with E-state index in [1.807, 2.05) is 42.5 Å². The van der Waals surface area contributed by atoms with E-state index in [1.54, 1.807) is 0 Å². The molecule has 4 saturated carbocycles. The Morgan fingerprint density at radius 2 is 1.55 bits per heavy atom. The Balaban J connectivity index is 1.11. The fourth-order valence-corrected chi connectivity index (χ4v) is 6.57. The molecule has 0 spiro atoms. The van der Waals surface area contributed by atoms with Crippen LogP contribution in [0.5, 0.6) is 0 Å². The number of nitrogens with one attached hydrogen (secondary N) is 2. The molecule has 152 valence electrons. The maximum atomic E-state index is 13.0. The Morgan fingerprint density at radius 1 is 0.897 bits per heavy atom. The SMILES string of the molecule is O=C(CCCNC(=O)C12CC3CC(CC(C3)C1)C2)Nc1cccc2ccccc12. The van der Waals surface area contributed by atoms with Crippen LogP contribution in [0.1, 0.15) is 51.4 Å². The minimum absolute atomic E-state index is 0.00501. The Labute approximate surface area is 172 Å². The second kappa shape index (κ2) is 7.47. The first kappa shape index (κ1) is 18.7. The third-order valence-electron chi connectivity index (χ3n) is 7.45. The van der Waals surface area contributed by atoms with Gasteiger partial charge in [0.15, 0.2) is 0 Å². The summed E-state index contributed by atoms with van der Waals surface area (Å²) in [4.78, 5) is 25.4. The van der Waals surface area contributed by atoms with Crippen molar-refractivity contribution in [1.29, 1.82) is 0 Å². The molecule has 2 N–H and O–H groups in total. The number of fused-ring (bicyclic) bond motifs is 1. The molecule has 2 aromatic carbocycles. The zero-order chi connectivity index (χ0) is 19.8. The first-order valence-electron chi connectivity index (χ1n) is 11.2. The van der Waals surface area contributed by atoms with Crippen molar-refractivity contribution >= 4 is 28.3 Å². The number of carbonyl (C=O) groups is 2. The molecule has 0 heterocycles. The van der Waals surface area contributed by atoms with Gasteiger partial charge in [0.05, 0.1) is 0 Å². The average molecular weight is 391 g/mol. The normalized spacial score (nSPS) is 29.7. The molecule has 6 rings (SSSR count). The Kier molecular flexibility index (Phi) is 4.81. The van der Waals surface area contributed by atoms with Gasteiger partial charge in [-0.05, 0) is 74.2 Å². The molecule has 0 aliphatic heterocycles. The van der Waals surface area contributed by atoms with E-state index in [1.165, 1.54) is 19.3 Å². The summed E-state index contributed by atoms with van der Waals surface area (Å²) < 4.78 is 0. The van der Waals surface area contributed by atoms with Crippen LogP contribution < -0.4 is 10.6 Å². The minimum Gasteiger partial charge on any atom is -0.356 e. The summed E-state index contributed by atoms with van der Waals surface area (Å²) in [5.41, 5.74) is 0.755. The van der Waals surface area contributed by atoms with Crippen LogP contribution in [0.4, 0.5) is 5.69 Å². The quantitative estimate of drug-likeness (QED) is 0.690. The van der Waals surface area contributed by atoms with Crippen LogP contribution in [0.15, 0.2) is 42.5 Å². The summed E-state index contributed by atoms with van der Waals surface area (Å²) in [5, 5.41) is 8.37. The van der Waals surface area contributed by atoms with Crippen molar-refractivity contribution in [3.8, 4) is 0 Å². The van der Waals surface area contributed by atoms with E-state index in [0.717, 1.165) is 53.5 Å². The molecule has 0 aromatic heterocycles. The molecule has 4 bridgehead atoms. The van der Waals surface area contributed by atoms with Gasteiger partial charge in [0.25, 0.3) is 0 Å². The second-order valence-corrected chi connectivity index (χ2v) is 9.63. The van der Waals surface area contributed by atoms with Crippen molar-refractivity contribution in [2.45, 2.75) is 51.4 Å². The van der Waals surface area contributed by atoms with Crippen molar-refractivity contribution < 1.29 is 9.59 Å². The lowest BCUT2D eigenvalue weighted by atomic mass is 9.49. The van der Waals surface area contributed by atoms with Gasteiger partial charge in [-0.25, -0.2) is 0 Å². The van der Waals surface area contributed by atoms with E-state index >= 15 is 0 Å². The molecular weight excluding hydrogens is 360 g/mol. The lowest BCUT2D eigenvalue weighted by Crippen LogP contribution is -2.53. The second-order valence-electron chi connectivity index (χ2n) is 9.63. The van der Waals surface area contributed by atoms with Crippen molar-refractivity contribution in [2.24, 2.45) is 23.2 Å². The minimum atomic E-state index is -0.0973. The van der Waals surface area contributed by atoms with Crippen LogP contribution in [-0.4, -0.2) is 18.4 Å². The number of anilines is 1. The predicted molar refractivity (Wildman–Crippen MR) is 115 cm³/mol. The summed E-state index contributed by atoms with van der Waals surface area (Å²) in [6.45, 7) is 0.587. The third kappa shape index (κ3) is 3.65. The Hall–Kier alpha value is -2.36. The van der Waals surface area contributed by atoms with Crippen molar-refractivity contribution in [3.63, 3.8) is 0 Å². The molecule has 29 heavy (non-hydrogen) atoms. The zero-order valence-corrected chi connectivity index (χ0v) is 17.0. The number of amides is 2. The van der Waals surface area contributed by atoms with Crippen LogP contribution in [-0.2, 0) is 9.59 Å². The summed E-state index contributed by atoms with van der Waals surface area (Å²) in [7, 11) is 0. The maximum Gasteiger partial charge on any atom is 0.226 e. The van der Waals surface area contributed by atoms with Crippen LogP contribution in [0.2, 0.25) is 0 Å². The molecule has 4 nitrogen and oxygen atoms in total. The summed E-state index contributed by atoms with van der Waals surface area (Å²) in [6, 6.07) is 14.0. The van der Waals surface area contributed by atoms with E-state index in [0.29, 0.717) is 19.4 Å². The maximum absolute atomic E-state index is 13.0. The van der Waals surface area contributed by atoms with E-state index in [2.05, 4.69) is 10.6 Å². The molecule has 0 unspecified atom stereocenters. The van der Waals surface area contributed by atoms with E-state index < -0.39 is 0 Å². The van der Waals surface area contributed by atoms with Crippen molar-refractivity contribution in [3.05, 3.63) is 42.5 Å². The number of rotatable bonds is 6. The predicted octanol–water partition coefficient (Wildman–Crippen LogP) is 4.89. The molecule has 2 aromatic rings. The van der Waals surface area contributed by atoms with Gasteiger partial charge in [-0.15, -0.1) is 0 Å². The number of hydrogen-bond acceptors (Lipinski definition) is 2. The van der Waals surface area contributed by atoms with Crippen molar-refractivity contribution in [1.82, 2.24) is 5.32 Å². The molecule has 4 aliphatic carbocycles. The molecule has 0 saturated heterocycles. The molecule has 2 amide bonds. The van der Waals surface area contributed by atoms with Gasteiger partial charge in [0.1, 0.15) is 0 Å². The fourth-order valence-electron chi connectivity index (χ4n) is 6.57. The lowest BCUT2D eigenvalue weighted by Gasteiger charge is -2.55. The highest BCUT2D eigenvalue weighted by Gasteiger charge is 2.54. The summed E-state index contributed by atoms with van der Waals surface area (Å²) >= 11 is 0. The van der Waals surface area contributed by atoms with Gasteiger partial charge in [-0.3, -0.25) is 9.59 Å². The molecular formula is C25H30N2O2. The van der Waals surface area contributed by atoms with Crippen LogP contribution in [0.3, 0.4) is 0 Å². The fraction of sp³-hybridized carbons (Fsp3) is 0.520. The summed E-state index contributed by atoms with van der Waals surface area (Å²) in [6.07, 6.45) is 8.41. The van der Waals surface area contributed by atoms with E-state index in [-0.39, 0.29) is 17.2 Å². The molecule has 0 radical (unpaired) electrons. The monoisotopic (exact) mass is 390 g/mol. The molecule has 4 heteroatoms. The highest BCUT2D eigenvalue weighted by Crippen LogP contribution is 2.60. The van der Waals surface area contributed by atoms with E-state index in [4.69, 9.17) is 0 Å².